The average molecular weight is 517 g/mol. The molecule has 2 N–H and O–H groups in total. The lowest BCUT2D eigenvalue weighted by Crippen LogP contribution is -2.42. The van der Waals surface area contributed by atoms with Crippen LogP contribution in [0.5, 0.6) is 0 Å². The van der Waals surface area contributed by atoms with Gasteiger partial charge in [-0.25, -0.2) is 13.2 Å². The van der Waals surface area contributed by atoms with E-state index in [2.05, 4.69) is 5.32 Å². The summed E-state index contributed by atoms with van der Waals surface area (Å²) in [5.41, 5.74) is -0.319. The second kappa shape index (κ2) is 9.26. The first kappa shape index (κ1) is 25.7. The number of alkyl halides is 2. The summed E-state index contributed by atoms with van der Waals surface area (Å²) in [6.45, 7) is 4.17. The highest BCUT2D eigenvalue weighted by Gasteiger charge is 2.53. The molecule has 0 radical (unpaired) electrons. The van der Waals surface area contributed by atoms with E-state index >= 15 is 0 Å². The van der Waals surface area contributed by atoms with Gasteiger partial charge in [0.1, 0.15) is 5.82 Å². The number of carbonyl (C=O) groups excluding carboxylic acids is 2. The summed E-state index contributed by atoms with van der Waals surface area (Å²) in [5.74, 6) is -5.09. The van der Waals surface area contributed by atoms with Crippen molar-refractivity contribution in [2.45, 2.75) is 38.7 Å². The van der Waals surface area contributed by atoms with Crippen molar-refractivity contribution in [2.24, 2.45) is 0 Å². The van der Waals surface area contributed by atoms with Crippen molar-refractivity contribution < 1.29 is 27.9 Å². The Morgan fingerprint density at radius 3 is 2.44 bits per heavy atom. The monoisotopic (exact) mass is 516 g/mol. The number of anilines is 2. The Hall–Kier alpha value is -3.36. The van der Waals surface area contributed by atoms with Gasteiger partial charge in [0.2, 0.25) is 0 Å². The zero-order chi connectivity index (χ0) is 26.4. The van der Waals surface area contributed by atoms with Crippen LogP contribution in [0.1, 0.15) is 50.8 Å². The zero-order valence-electron chi connectivity index (χ0n) is 19.8. The van der Waals surface area contributed by atoms with E-state index in [4.69, 9.17) is 11.6 Å². The topological polar surface area (TPSA) is 69.6 Å². The largest absolute Gasteiger partial charge is 0.379 e. The summed E-state index contributed by atoms with van der Waals surface area (Å²) >= 11 is 5.97. The molecule has 1 atom stereocenters. The Morgan fingerprint density at radius 1 is 1.06 bits per heavy atom. The van der Waals surface area contributed by atoms with E-state index < -0.39 is 35.6 Å². The Labute approximate surface area is 211 Å². The van der Waals surface area contributed by atoms with Gasteiger partial charge < -0.3 is 15.3 Å². The molecule has 0 fully saturated rings. The van der Waals surface area contributed by atoms with E-state index in [1.807, 2.05) is 0 Å². The molecule has 1 aliphatic heterocycles. The molecule has 3 aromatic rings. The number of aryl methyl sites for hydroxylation is 2. The fraction of sp³-hybridized carbons (Fsp3) is 0.259. The van der Waals surface area contributed by atoms with Crippen molar-refractivity contribution in [3.63, 3.8) is 0 Å². The van der Waals surface area contributed by atoms with Gasteiger partial charge in [-0.3, -0.25) is 9.59 Å². The molecule has 0 bridgehead atoms. The molecule has 0 spiro atoms. The minimum atomic E-state index is -3.45. The van der Waals surface area contributed by atoms with E-state index in [1.54, 1.807) is 32.0 Å². The lowest BCUT2D eigenvalue weighted by molar-refractivity contribution is -0.177. The predicted molar refractivity (Wildman–Crippen MR) is 133 cm³/mol. The normalized spacial score (nSPS) is 18.8. The zero-order valence-corrected chi connectivity index (χ0v) is 20.6. The Balaban J connectivity index is 1.64. The molecule has 9 heteroatoms. The van der Waals surface area contributed by atoms with Gasteiger partial charge in [-0.05, 0) is 68.8 Å². The second-order valence-corrected chi connectivity index (χ2v) is 9.52. The third-order valence-electron chi connectivity index (χ3n) is 6.47. The van der Waals surface area contributed by atoms with Crippen molar-refractivity contribution in [2.75, 3.05) is 16.8 Å². The number of nitrogens with zero attached hydrogens (tertiary/aromatic N) is 1. The van der Waals surface area contributed by atoms with Crippen LogP contribution in [0.2, 0.25) is 5.02 Å². The molecule has 0 saturated carbocycles. The minimum Gasteiger partial charge on any atom is -0.379 e. The highest BCUT2D eigenvalue weighted by Crippen LogP contribution is 2.47. The fourth-order valence-corrected chi connectivity index (χ4v) is 4.51. The maximum absolute atomic E-state index is 14.9. The first-order chi connectivity index (χ1) is 16.8. The molecule has 36 heavy (non-hydrogen) atoms. The number of hydrogen-bond acceptors (Lipinski definition) is 3. The van der Waals surface area contributed by atoms with Gasteiger partial charge in [-0.2, -0.15) is 0 Å². The highest BCUT2D eigenvalue weighted by molar-refractivity contribution is 6.34. The van der Waals surface area contributed by atoms with Crippen LogP contribution in [-0.4, -0.2) is 29.4 Å². The van der Waals surface area contributed by atoms with Gasteiger partial charge in [0, 0.05) is 29.8 Å². The molecule has 0 saturated heterocycles. The molecule has 1 heterocycles. The number of halogens is 4. The first-order valence-electron chi connectivity index (χ1n) is 11.2. The molecule has 5 nitrogen and oxygen atoms in total. The summed E-state index contributed by atoms with van der Waals surface area (Å²) in [6, 6.07) is 12.7. The number of aliphatic hydroxyl groups is 1. The Kier molecular flexibility index (Phi) is 6.62. The summed E-state index contributed by atoms with van der Waals surface area (Å²) in [7, 11) is 0. The van der Waals surface area contributed by atoms with Crippen molar-refractivity contribution in [3.05, 3.63) is 93.3 Å². The molecular formula is C27H24ClF3N2O3. The molecule has 0 unspecified atom stereocenters. The van der Waals surface area contributed by atoms with Crippen molar-refractivity contribution in [1.82, 2.24) is 0 Å². The number of benzene rings is 3. The standard InChI is InChI=1S/C27H24ClF3N2O3/c1-15-4-9-23-20(12-15)26(3,36)27(30,31)10-11-33(23)25(35)17-5-8-22(16(2)13-17)32-24(34)19-7-6-18(29)14-21(19)28/h4-9,12-14,36H,10-11H2,1-3H3,(H,32,34)/t26-/m1/s1. The maximum atomic E-state index is 14.9. The molecule has 3 aromatic carbocycles. The van der Waals surface area contributed by atoms with Crippen LogP contribution in [0.4, 0.5) is 24.5 Å². The summed E-state index contributed by atoms with van der Waals surface area (Å²) in [6.07, 6.45) is -0.717. The molecule has 1 aliphatic rings. The van der Waals surface area contributed by atoms with Crippen molar-refractivity contribution in [1.29, 1.82) is 0 Å². The number of carbonyl (C=O) groups is 2. The van der Waals surface area contributed by atoms with E-state index in [-0.39, 0.29) is 33.9 Å². The third kappa shape index (κ3) is 4.58. The van der Waals surface area contributed by atoms with Gasteiger partial charge in [0.05, 0.1) is 16.3 Å². The summed E-state index contributed by atoms with van der Waals surface area (Å²) in [4.78, 5) is 27.3. The van der Waals surface area contributed by atoms with Crippen LogP contribution < -0.4 is 10.2 Å². The minimum absolute atomic E-state index is 0.0184. The number of rotatable bonds is 3. The van der Waals surface area contributed by atoms with Crippen LogP contribution in [0, 0.1) is 19.7 Å². The number of amides is 2. The maximum Gasteiger partial charge on any atom is 0.281 e. The van der Waals surface area contributed by atoms with Gasteiger partial charge in [0.15, 0.2) is 5.60 Å². The molecular weight excluding hydrogens is 493 g/mol. The van der Waals surface area contributed by atoms with Crippen LogP contribution >= 0.6 is 11.6 Å². The smallest absolute Gasteiger partial charge is 0.281 e. The van der Waals surface area contributed by atoms with E-state index in [9.17, 15) is 27.9 Å². The van der Waals surface area contributed by atoms with Gasteiger partial charge in [0.25, 0.3) is 17.7 Å². The molecule has 188 valence electrons. The Morgan fingerprint density at radius 2 is 1.78 bits per heavy atom. The van der Waals surface area contributed by atoms with Crippen LogP contribution in [0.15, 0.2) is 54.6 Å². The van der Waals surface area contributed by atoms with Gasteiger partial charge in [-0.1, -0.05) is 29.3 Å². The van der Waals surface area contributed by atoms with Gasteiger partial charge >= 0.3 is 0 Å². The first-order valence-corrected chi connectivity index (χ1v) is 11.6. The second-order valence-electron chi connectivity index (χ2n) is 9.11. The molecule has 2 amide bonds. The van der Waals surface area contributed by atoms with Crippen LogP contribution in [-0.2, 0) is 5.60 Å². The summed E-state index contributed by atoms with van der Waals surface area (Å²) < 4.78 is 43.0. The number of nitrogens with one attached hydrogen (secondary N) is 1. The van der Waals surface area contributed by atoms with Crippen LogP contribution in [0.25, 0.3) is 0 Å². The number of hydrogen-bond donors (Lipinski definition) is 2. The van der Waals surface area contributed by atoms with Crippen LogP contribution in [0.3, 0.4) is 0 Å². The SMILES string of the molecule is Cc1ccc2c(c1)[C@@](C)(O)C(F)(F)CCN2C(=O)c1ccc(NC(=O)c2ccc(F)cc2Cl)c(C)c1. The van der Waals surface area contributed by atoms with E-state index in [0.29, 0.717) is 16.8 Å². The third-order valence-corrected chi connectivity index (χ3v) is 6.78. The van der Waals surface area contributed by atoms with Crippen molar-refractivity contribution >= 4 is 34.8 Å². The number of fused-ring (bicyclic) bond motifs is 1. The van der Waals surface area contributed by atoms with Gasteiger partial charge in [-0.15, -0.1) is 0 Å². The molecule has 4 rings (SSSR count). The predicted octanol–water partition coefficient (Wildman–Crippen LogP) is 6.24. The Bertz CT molecular complexity index is 1370. The summed E-state index contributed by atoms with van der Waals surface area (Å²) in [5, 5.41) is 13.4. The molecule has 0 aromatic heterocycles. The van der Waals surface area contributed by atoms with E-state index in [1.165, 1.54) is 29.2 Å². The lowest BCUT2D eigenvalue weighted by atomic mass is 9.87. The highest BCUT2D eigenvalue weighted by atomic mass is 35.5. The quantitative estimate of drug-likeness (QED) is 0.433. The lowest BCUT2D eigenvalue weighted by Gasteiger charge is -2.32. The van der Waals surface area contributed by atoms with Crippen molar-refractivity contribution in [3.8, 4) is 0 Å². The van der Waals surface area contributed by atoms with E-state index in [0.717, 1.165) is 19.1 Å². The fourth-order valence-electron chi connectivity index (χ4n) is 4.26. The average Bonchev–Trinajstić information content (AvgIpc) is 2.87. The molecule has 0 aliphatic carbocycles.